The van der Waals surface area contributed by atoms with Gasteiger partial charge in [-0.05, 0) is 61.7 Å². The predicted molar refractivity (Wildman–Crippen MR) is 89.6 cm³/mol. The molecule has 0 spiro atoms. The molecule has 0 amide bonds. The van der Waals surface area contributed by atoms with Crippen molar-refractivity contribution in [3.63, 3.8) is 0 Å². The molecule has 0 saturated heterocycles. The van der Waals surface area contributed by atoms with Gasteiger partial charge in [0, 0.05) is 6.42 Å². The Morgan fingerprint density at radius 2 is 1.77 bits per heavy atom. The largest absolute Gasteiger partial charge is 0.481 e. The first-order valence-corrected chi connectivity index (χ1v) is 9.64. The first kappa shape index (κ1) is 16.1. The highest BCUT2D eigenvalue weighted by atomic mass is 16.4. The maximum Gasteiger partial charge on any atom is 0.303 e. The summed E-state index contributed by atoms with van der Waals surface area (Å²) in [7, 11) is 0. The van der Waals surface area contributed by atoms with Crippen molar-refractivity contribution in [3.8, 4) is 0 Å². The Morgan fingerprint density at radius 3 is 2.64 bits per heavy atom. The number of hydrogen-bond donors (Lipinski definition) is 1. The molecule has 1 N–H and O–H groups in total. The van der Waals surface area contributed by atoms with Crippen LogP contribution in [0.15, 0.2) is 12.2 Å². The van der Waals surface area contributed by atoms with Gasteiger partial charge in [0.1, 0.15) is 0 Å². The number of carboxylic acids is 1. The number of aliphatic carboxylic acids is 1. The molecule has 3 aliphatic rings. The summed E-state index contributed by atoms with van der Waals surface area (Å²) in [6.45, 7) is 0. The van der Waals surface area contributed by atoms with Crippen molar-refractivity contribution < 1.29 is 9.90 Å². The maximum atomic E-state index is 10.5. The van der Waals surface area contributed by atoms with Gasteiger partial charge in [0.25, 0.3) is 0 Å². The number of carboxylic acid groups (broad SMARTS) is 1. The fourth-order valence-electron chi connectivity index (χ4n) is 5.49. The van der Waals surface area contributed by atoms with E-state index in [0.29, 0.717) is 6.42 Å². The number of fused-ring (bicyclic) bond motifs is 4. The van der Waals surface area contributed by atoms with Crippen LogP contribution in [0.4, 0.5) is 0 Å². The second kappa shape index (κ2) is 7.66. The average Bonchev–Trinajstić information content (AvgIpc) is 2.51. The van der Waals surface area contributed by atoms with Crippen LogP contribution in [0.2, 0.25) is 0 Å². The zero-order valence-corrected chi connectivity index (χ0v) is 13.9. The van der Waals surface area contributed by atoms with Gasteiger partial charge < -0.3 is 5.11 Å². The zero-order chi connectivity index (χ0) is 15.4. The van der Waals surface area contributed by atoms with Crippen LogP contribution in [-0.2, 0) is 4.79 Å². The van der Waals surface area contributed by atoms with Crippen molar-refractivity contribution >= 4 is 5.97 Å². The van der Waals surface area contributed by atoms with Gasteiger partial charge >= 0.3 is 5.97 Å². The van der Waals surface area contributed by atoms with Crippen molar-refractivity contribution in [2.75, 3.05) is 0 Å². The summed E-state index contributed by atoms with van der Waals surface area (Å²) >= 11 is 0. The van der Waals surface area contributed by atoms with Gasteiger partial charge in [-0.25, -0.2) is 0 Å². The van der Waals surface area contributed by atoms with Gasteiger partial charge in [-0.3, -0.25) is 4.79 Å². The van der Waals surface area contributed by atoms with E-state index in [4.69, 9.17) is 5.11 Å². The SMILES string of the molecule is O=C(O)CCCCCCCC1CCC2C3CCC=CC3C2C1. The highest BCUT2D eigenvalue weighted by Crippen LogP contribution is 2.58. The minimum Gasteiger partial charge on any atom is -0.481 e. The lowest BCUT2D eigenvalue weighted by Crippen LogP contribution is -2.49. The van der Waals surface area contributed by atoms with Crippen LogP contribution in [0.1, 0.15) is 77.0 Å². The Hall–Kier alpha value is -0.790. The Morgan fingerprint density at radius 1 is 0.955 bits per heavy atom. The Balaban J connectivity index is 1.28. The highest BCUT2D eigenvalue weighted by Gasteiger charge is 2.50. The van der Waals surface area contributed by atoms with Crippen molar-refractivity contribution in [1.29, 1.82) is 0 Å². The number of carbonyl (C=O) groups is 1. The molecule has 0 bridgehead atoms. The van der Waals surface area contributed by atoms with Crippen LogP contribution in [0.5, 0.6) is 0 Å². The summed E-state index contributed by atoms with van der Waals surface area (Å²) in [4.78, 5) is 10.5. The third-order valence-corrected chi connectivity index (χ3v) is 6.63. The molecular weight excluding hydrogens is 272 g/mol. The summed E-state index contributed by atoms with van der Waals surface area (Å²) in [6.07, 6.45) is 19.8. The molecule has 0 aromatic heterocycles. The Kier molecular flexibility index (Phi) is 5.60. The highest BCUT2D eigenvalue weighted by molar-refractivity contribution is 5.66. The molecule has 124 valence electrons. The summed E-state index contributed by atoms with van der Waals surface area (Å²) in [5.74, 6) is 4.42. The molecule has 5 atom stereocenters. The van der Waals surface area contributed by atoms with Gasteiger partial charge in [-0.1, -0.05) is 50.7 Å². The van der Waals surface area contributed by atoms with Crippen LogP contribution in [0.3, 0.4) is 0 Å². The van der Waals surface area contributed by atoms with E-state index in [1.165, 1.54) is 57.8 Å². The van der Waals surface area contributed by atoms with Crippen molar-refractivity contribution in [3.05, 3.63) is 12.2 Å². The summed E-state index contributed by atoms with van der Waals surface area (Å²) in [5, 5.41) is 8.62. The number of unbranched alkanes of at least 4 members (excludes halogenated alkanes) is 4. The molecule has 2 nitrogen and oxygen atoms in total. The Labute approximate surface area is 135 Å². The minimum atomic E-state index is -0.646. The van der Waals surface area contributed by atoms with Crippen LogP contribution < -0.4 is 0 Å². The standard InChI is InChI=1S/C20H32O2/c21-20(22)11-5-3-1-2-4-8-15-12-13-18-16-9-6-7-10-17(16)19(18)14-15/h7,10,15-19H,1-6,8-9,11-14H2,(H,21,22). The van der Waals surface area contributed by atoms with Crippen LogP contribution in [0.25, 0.3) is 0 Å². The molecule has 3 rings (SSSR count). The summed E-state index contributed by atoms with van der Waals surface area (Å²) < 4.78 is 0. The van der Waals surface area contributed by atoms with Gasteiger partial charge in [0.05, 0.1) is 0 Å². The smallest absolute Gasteiger partial charge is 0.303 e. The second-order valence-corrected chi connectivity index (χ2v) is 7.95. The molecule has 22 heavy (non-hydrogen) atoms. The lowest BCUT2D eigenvalue weighted by atomic mass is 9.48. The molecule has 3 aliphatic carbocycles. The van der Waals surface area contributed by atoms with E-state index in [0.717, 1.165) is 42.4 Å². The van der Waals surface area contributed by atoms with Crippen LogP contribution in [0, 0.1) is 29.6 Å². The number of allylic oxidation sites excluding steroid dienone is 2. The molecule has 0 aliphatic heterocycles. The monoisotopic (exact) mass is 304 g/mol. The van der Waals surface area contributed by atoms with E-state index < -0.39 is 5.97 Å². The lowest BCUT2D eigenvalue weighted by Gasteiger charge is -2.57. The van der Waals surface area contributed by atoms with E-state index >= 15 is 0 Å². The van der Waals surface area contributed by atoms with E-state index in [-0.39, 0.29) is 0 Å². The predicted octanol–water partition coefficient (Wildman–Crippen LogP) is 5.43. The minimum absolute atomic E-state index is 0.349. The van der Waals surface area contributed by atoms with Crippen LogP contribution >= 0.6 is 0 Å². The Bertz CT molecular complexity index is 401. The van der Waals surface area contributed by atoms with Gasteiger partial charge in [0.2, 0.25) is 0 Å². The quantitative estimate of drug-likeness (QED) is 0.479. The van der Waals surface area contributed by atoms with Gasteiger partial charge in [-0.2, -0.15) is 0 Å². The zero-order valence-electron chi connectivity index (χ0n) is 13.9. The van der Waals surface area contributed by atoms with Crippen molar-refractivity contribution in [2.45, 2.75) is 77.0 Å². The molecule has 0 radical (unpaired) electrons. The second-order valence-electron chi connectivity index (χ2n) is 7.95. The topological polar surface area (TPSA) is 37.3 Å². The summed E-state index contributed by atoms with van der Waals surface area (Å²) in [6, 6.07) is 0. The van der Waals surface area contributed by atoms with Crippen molar-refractivity contribution in [1.82, 2.24) is 0 Å². The fourth-order valence-corrected chi connectivity index (χ4v) is 5.49. The normalized spacial score (nSPS) is 36.3. The molecule has 2 saturated carbocycles. The number of rotatable bonds is 8. The van der Waals surface area contributed by atoms with E-state index in [9.17, 15) is 4.79 Å². The summed E-state index contributed by atoms with van der Waals surface area (Å²) in [5.41, 5.74) is 0. The van der Waals surface area contributed by atoms with Gasteiger partial charge in [-0.15, -0.1) is 0 Å². The average molecular weight is 304 g/mol. The molecule has 0 aromatic rings. The molecule has 2 heteroatoms. The van der Waals surface area contributed by atoms with Crippen LogP contribution in [-0.4, -0.2) is 11.1 Å². The molecule has 0 heterocycles. The molecule has 5 unspecified atom stereocenters. The fraction of sp³-hybridized carbons (Fsp3) is 0.850. The third kappa shape index (κ3) is 3.75. The van der Waals surface area contributed by atoms with E-state index in [1.807, 2.05) is 0 Å². The molecule has 2 fully saturated rings. The maximum absolute atomic E-state index is 10.5. The lowest BCUT2D eigenvalue weighted by molar-refractivity contribution is -0.137. The first-order chi connectivity index (χ1) is 10.8. The third-order valence-electron chi connectivity index (χ3n) is 6.63. The van der Waals surface area contributed by atoms with Gasteiger partial charge in [0.15, 0.2) is 0 Å². The van der Waals surface area contributed by atoms with Crippen molar-refractivity contribution in [2.24, 2.45) is 29.6 Å². The molecular formula is C20H32O2. The number of hydrogen-bond acceptors (Lipinski definition) is 1. The van der Waals surface area contributed by atoms with E-state index in [2.05, 4.69) is 12.2 Å². The molecule has 0 aromatic carbocycles. The van der Waals surface area contributed by atoms with E-state index in [1.54, 1.807) is 0 Å². The first-order valence-electron chi connectivity index (χ1n) is 9.64.